The number of phenols is 1. The summed E-state index contributed by atoms with van der Waals surface area (Å²) in [6, 6.07) is 15.7. The van der Waals surface area contributed by atoms with Crippen molar-refractivity contribution in [2.75, 3.05) is 30.7 Å². The molecule has 4 aromatic rings. The molecule has 0 amide bonds. The van der Waals surface area contributed by atoms with Crippen LogP contribution in [0.2, 0.25) is 5.02 Å². The zero-order chi connectivity index (χ0) is 23.6. The highest BCUT2D eigenvalue weighted by Gasteiger charge is 2.12. The summed E-state index contributed by atoms with van der Waals surface area (Å²) in [7, 11) is -3.48. The highest BCUT2D eigenvalue weighted by Crippen LogP contribution is 2.30. The molecule has 1 unspecified atom stereocenters. The van der Waals surface area contributed by atoms with Gasteiger partial charge in [0.1, 0.15) is 18.1 Å². The van der Waals surface area contributed by atoms with Gasteiger partial charge in [-0.2, -0.15) is 0 Å². The second-order valence-electron chi connectivity index (χ2n) is 7.74. The number of H-pyrrole nitrogens is 1. The highest BCUT2D eigenvalue weighted by molar-refractivity contribution is 7.92. The average Bonchev–Trinajstić information content (AvgIpc) is 3.10. The Bertz CT molecular complexity index is 1410. The van der Waals surface area contributed by atoms with Gasteiger partial charge in [0.25, 0.3) is 0 Å². The molecule has 0 saturated carbocycles. The number of rotatable bonds is 9. The third kappa shape index (κ3) is 6.25. The van der Waals surface area contributed by atoms with Crippen molar-refractivity contribution < 1.29 is 23.4 Å². The van der Waals surface area contributed by atoms with Crippen LogP contribution in [0.15, 0.2) is 54.6 Å². The van der Waals surface area contributed by atoms with E-state index in [1.165, 1.54) is 12.1 Å². The van der Waals surface area contributed by atoms with Crippen LogP contribution in [0.5, 0.6) is 11.5 Å². The molecule has 182 valence electrons. The van der Waals surface area contributed by atoms with E-state index >= 15 is 0 Å². The highest BCUT2D eigenvalue weighted by atomic mass is 35.5. The summed E-state index contributed by atoms with van der Waals surface area (Å²) >= 11 is 6.02. The monoisotopic (exact) mass is 525 g/mol. The van der Waals surface area contributed by atoms with Gasteiger partial charge in [0.05, 0.1) is 34.1 Å². The summed E-state index contributed by atoms with van der Waals surface area (Å²) in [5, 5.41) is 25.5. The minimum absolute atomic E-state index is 0. The third-order valence-electron chi connectivity index (χ3n) is 5.11. The quantitative estimate of drug-likeness (QED) is 0.209. The number of ether oxygens (including phenoxy) is 1. The lowest BCUT2D eigenvalue weighted by Crippen LogP contribution is -2.26. The SMILES string of the molecule is CS(=O)(=O)Nc1cc(C(O)CNCCOc2ccc3c(c2)[nH]c2cc(O)ccc23)ccc1Cl.Cl. The Labute approximate surface area is 208 Å². The number of hydrogen-bond donors (Lipinski definition) is 5. The van der Waals surface area contributed by atoms with Gasteiger partial charge in [0.2, 0.25) is 10.0 Å². The van der Waals surface area contributed by atoms with Crippen molar-refractivity contribution in [2.24, 2.45) is 0 Å². The van der Waals surface area contributed by atoms with Crippen molar-refractivity contribution in [1.29, 1.82) is 0 Å². The Morgan fingerprint density at radius 3 is 2.50 bits per heavy atom. The maximum atomic E-state index is 11.5. The second kappa shape index (κ2) is 10.7. The molecule has 5 N–H and O–H groups in total. The van der Waals surface area contributed by atoms with E-state index in [9.17, 15) is 18.6 Å². The molecule has 0 aliphatic rings. The summed E-state index contributed by atoms with van der Waals surface area (Å²) in [4.78, 5) is 3.28. The Morgan fingerprint density at radius 1 is 1.06 bits per heavy atom. The van der Waals surface area contributed by atoms with E-state index in [0.717, 1.165) is 28.1 Å². The second-order valence-corrected chi connectivity index (χ2v) is 9.90. The summed E-state index contributed by atoms with van der Waals surface area (Å²) in [6.07, 6.45) is 0.191. The maximum Gasteiger partial charge on any atom is 0.229 e. The van der Waals surface area contributed by atoms with E-state index < -0.39 is 16.1 Å². The largest absolute Gasteiger partial charge is 0.508 e. The summed E-state index contributed by atoms with van der Waals surface area (Å²) in [5.41, 5.74) is 2.53. The molecule has 1 heterocycles. The van der Waals surface area contributed by atoms with Crippen LogP contribution in [0.25, 0.3) is 21.8 Å². The van der Waals surface area contributed by atoms with Gasteiger partial charge in [-0.15, -0.1) is 12.4 Å². The van der Waals surface area contributed by atoms with Gasteiger partial charge in [0.15, 0.2) is 0 Å². The number of aromatic hydroxyl groups is 1. The molecule has 0 fully saturated rings. The molecule has 0 aliphatic carbocycles. The van der Waals surface area contributed by atoms with E-state index in [0.29, 0.717) is 24.5 Å². The van der Waals surface area contributed by atoms with E-state index in [1.807, 2.05) is 24.3 Å². The molecule has 4 rings (SSSR count). The predicted octanol–water partition coefficient (Wildman–Crippen LogP) is 4.18. The van der Waals surface area contributed by atoms with Gasteiger partial charge in [-0.1, -0.05) is 17.7 Å². The number of halogens is 2. The van der Waals surface area contributed by atoms with Crippen molar-refractivity contribution in [3.8, 4) is 11.5 Å². The third-order valence-corrected chi connectivity index (χ3v) is 6.03. The number of aliphatic hydroxyl groups excluding tert-OH is 1. The Hall–Kier alpha value is -2.69. The van der Waals surface area contributed by atoms with Gasteiger partial charge >= 0.3 is 0 Å². The fourth-order valence-corrected chi connectivity index (χ4v) is 4.38. The standard InChI is InChI=1S/C23H24ClN3O5S.ClH/c1-33(30,31)27-22-10-14(2-7-19(22)24)23(29)13-25-8-9-32-16-4-6-18-17-5-3-15(28)11-20(17)26-21(18)12-16;/h2-7,10-12,23,25-29H,8-9,13H2,1H3;1H. The Balaban J connectivity index is 0.00000324. The summed E-state index contributed by atoms with van der Waals surface area (Å²) < 4.78 is 31.1. The molecule has 3 aromatic carbocycles. The smallest absolute Gasteiger partial charge is 0.229 e. The van der Waals surface area contributed by atoms with E-state index in [2.05, 4.69) is 15.0 Å². The van der Waals surface area contributed by atoms with Crippen LogP contribution in [0, 0.1) is 0 Å². The Morgan fingerprint density at radius 2 is 1.76 bits per heavy atom. The first-order chi connectivity index (χ1) is 15.7. The minimum Gasteiger partial charge on any atom is -0.508 e. The lowest BCUT2D eigenvalue weighted by molar-refractivity contribution is 0.172. The van der Waals surface area contributed by atoms with Crippen LogP contribution in [-0.2, 0) is 10.0 Å². The number of benzene rings is 3. The summed E-state index contributed by atoms with van der Waals surface area (Å²) in [6.45, 7) is 1.15. The van der Waals surface area contributed by atoms with Gasteiger partial charge < -0.3 is 25.3 Å². The zero-order valence-electron chi connectivity index (χ0n) is 18.2. The maximum absolute atomic E-state index is 11.5. The van der Waals surface area contributed by atoms with E-state index in [1.54, 1.807) is 18.2 Å². The van der Waals surface area contributed by atoms with Gasteiger partial charge in [-0.25, -0.2) is 8.42 Å². The van der Waals surface area contributed by atoms with Crippen LogP contribution in [0.1, 0.15) is 11.7 Å². The normalized spacial score (nSPS) is 12.4. The van der Waals surface area contributed by atoms with Crippen molar-refractivity contribution >= 4 is 61.5 Å². The first-order valence-corrected chi connectivity index (χ1v) is 12.5. The molecular weight excluding hydrogens is 501 g/mol. The minimum atomic E-state index is -3.48. The fourth-order valence-electron chi connectivity index (χ4n) is 3.59. The first-order valence-electron chi connectivity index (χ1n) is 10.2. The van der Waals surface area contributed by atoms with Crippen LogP contribution >= 0.6 is 24.0 Å². The van der Waals surface area contributed by atoms with Crippen LogP contribution in [0.4, 0.5) is 5.69 Å². The molecule has 0 bridgehead atoms. The molecule has 1 aromatic heterocycles. The predicted molar refractivity (Wildman–Crippen MR) is 138 cm³/mol. The van der Waals surface area contributed by atoms with Crippen molar-refractivity contribution in [2.45, 2.75) is 6.10 Å². The van der Waals surface area contributed by atoms with Crippen LogP contribution < -0.4 is 14.8 Å². The lowest BCUT2D eigenvalue weighted by atomic mass is 10.1. The topological polar surface area (TPSA) is 124 Å². The van der Waals surface area contributed by atoms with Gasteiger partial charge in [-0.05, 0) is 42.0 Å². The molecule has 1 atom stereocenters. The number of nitrogens with one attached hydrogen (secondary N) is 3. The molecule has 0 spiro atoms. The van der Waals surface area contributed by atoms with E-state index in [-0.39, 0.29) is 35.4 Å². The number of aromatic nitrogens is 1. The number of aromatic amines is 1. The number of aliphatic hydroxyl groups is 1. The van der Waals surface area contributed by atoms with Crippen molar-refractivity contribution in [3.05, 3.63) is 65.2 Å². The number of sulfonamides is 1. The molecule has 8 nitrogen and oxygen atoms in total. The number of anilines is 1. The Kier molecular flexibility index (Phi) is 8.17. The first kappa shape index (κ1) is 25.9. The number of fused-ring (bicyclic) bond motifs is 3. The number of hydrogen-bond acceptors (Lipinski definition) is 6. The van der Waals surface area contributed by atoms with Crippen LogP contribution in [0.3, 0.4) is 0 Å². The average molecular weight is 526 g/mol. The molecule has 0 saturated heterocycles. The summed E-state index contributed by atoms with van der Waals surface area (Å²) in [5.74, 6) is 0.912. The van der Waals surface area contributed by atoms with Crippen LogP contribution in [-0.4, -0.2) is 49.6 Å². The fraction of sp³-hybridized carbons (Fsp3) is 0.217. The molecule has 34 heavy (non-hydrogen) atoms. The molecular formula is C23H25Cl2N3O5S. The lowest BCUT2D eigenvalue weighted by Gasteiger charge is -2.15. The molecule has 0 aliphatic heterocycles. The van der Waals surface area contributed by atoms with Crippen molar-refractivity contribution in [3.63, 3.8) is 0 Å². The molecule has 0 radical (unpaired) electrons. The molecule has 11 heteroatoms. The van der Waals surface area contributed by atoms with Gasteiger partial charge in [0, 0.05) is 36.0 Å². The zero-order valence-corrected chi connectivity index (χ0v) is 20.6. The van der Waals surface area contributed by atoms with Gasteiger partial charge in [-0.3, -0.25) is 4.72 Å². The number of phenolic OH excluding ortho intramolecular Hbond substituents is 1. The van der Waals surface area contributed by atoms with Crippen molar-refractivity contribution in [1.82, 2.24) is 10.3 Å². The van der Waals surface area contributed by atoms with E-state index in [4.69, 9.17) is 16.3 Å².